The molecule has 1 atom stereocenters. The van der Waals surface area contributed by atoms with E-state index in [4.69, 9.17) is 5.73 Å². The number of hydrogen-bond donors (Lipinski definition) is 3. The standard InChI is InChI=1S/C15H18N2O3S/c1-11-9-13(7-8-14(11)16)21(19,20)17-15(10-18)12-5-3-2-4-6-12/h2-9,15,17-18H,10,16H2,1H3. The number of nitrogens with one attached hydrogen (secondary N) is 1. The summed E-state index contributed by atoms with van der Waals surface area (Å²) in [5, 5.41) is 9.44. The highest BCUT2D eigenvalue weighted by Gasteiger charge is 2.21. The van der Waals surface area contributed by atoms with E-state index in [0.717, 1.165) is 0 Å². The number of anilines is 1. The van der Waals surface area contributed by atoms with E-state index >= 15 is 0 Å². The molecule has 4 N–H and O–H groups in total. The van der Waals surface area contributed by atoms with Crippen molar-refractivity contribution in [1.82, 2.24) is 4.72 Å². The Hall–Kier alpha value is -1.89. The minimum atomic E-state index is -3.72. The van der Waals surface area contributed by atoms with Gasteiger partial charge in [0, 0.05) is 5.69 Å². The van der Waals surface area contributed by atoms with Crippen LogP contribution < -0.4 is 10.5 Å². The fourth-order valence-corrected chi connectivity index (χ4v) is 3.27. The van der Waals surface area contributed by atoms with Gasteiger partial charge in [0.2, 0.25) is 10.0 Å². The lowest BCUT2D eigenvalue weighted by atomic mass is 10.1. The summed E-state index contributed by atoms with van der Waals surface area (Å²) in [6, 6.07) is 12.8. The van der Waals surface area contributed by atoms with Crippen LogP contribution in [0, 0.1) is 6.92 Å². The maximum atomic E-state index is 12.4. The molecule has 0 bridgehead atoms. The van der Waals surface area contributed by atoms with E-state index in [-0.39, 0.29) is 11.5 Å². The van der Waals surface area contributed by atoms with Crippen molar-refractivity contribution in [3.63, 3.8) is 0 Å². The fourth-order valence-electron chi connectivity index (χ4n) is 1.97. The van der Waals surface area contributed by atoms with Crippen LogP contribution in [0.25, 0.3) is 0 Å². The Kier molecular flexibility index (Phi) is 4.62. The zero-order chi connectivity index (χ0) is 15.5. The second-order valence-corrected chi connectivity index (χ2v) is 6.50. The van der Waals surface area contributed by atoms with Crippen molar-refractivity contribution in [2.24, 2.45) is 0 Å². The van der Waals surface area contributed by atoms with Gasteiger partial charge < -0.3 is 10.8 Å². The summed E-state index contributed by atoms with van der Waals surface area (Å²) in [5.41, 5.74) is 7.63. The molecular formula is C15H18N2O3S. The summed E-state index contributed by atoms with van der Waals surface area (Å²) in [6.07, 6.45) is 0. The van der Waals surface area contributed by atoms with Gasteiger partial charge in [-0.3, -0.25) is 0 Å². The van der Waals surface area contributed by atoms with E-state index in [1.807, 2.05) is 6.07 Å². The van der Waals surface area contributed by atoms with Gasteiger partial charge in [-0.25, -0.2) is 13.1 Å². The molecule has 2 rings (SSSR count). The Morgan fingerprint density at radius 3 is 2.43 bits per heavy atom. The Bertz CT molecular complexity index is 715. The number of aryl methyl sites for hydroxylation is 1. The average molecular weight is 306 g/mol. The van der Waals surface area contributed by atoms with E-state index in [9.17, 15) is 13.5 Å². The molecule has 0 amide bonds. The third kappa shape index (κ3) is 3.60. The zero-order valence-electron chi connectivity index (χ0n) is 11.7. The van der Waals surface area contributed by atoms with Crippen molar-refractivity contribution >= 4 is 15.7 Å². The molecule has 0 aliphatic carbocycles. The van der Waals surface area contributed by atoms with E-state index < -0.39 is 16.1 Å². The SMILES string of the molecule is Cc1cc(S(=O)(=O)NC(CO)c2ccccc2)ccc1N. The van der Waals surface area contributed by atoms with Gasteiger partial charge in [-0.2, -0.15) is 0 Å². The van der Waals surface area contributed by atoms with Gasteiger partial charge in [0.25, 0.3) is 0 Å². The molecule has 2 aromatic rings. The van der Waals surface area contributed by atoms with Crippen molar-refractivity contribution in [3.8, 4) is 0 Å². The first-order chi connectivity index (χ1) is 9.94. The molecular weight excluding hydrogens is 288 g/mol. The number of aliphatic hydroxyl groups is 1. The molecule has 0 aliphatic rings. The number of rotatable bonds is 5. The van der Waals surface area contributed by atoms with Crippen LogP contribution in [0.15, 0.2) is 53.4 Å². The minimum absolute atomic E-state index is 0.128. The number of benzene rings is 2. The van der Waals surface area contributed by atoms with Crippen LogP contribution in [-0.2, 0) is 10.0 Å². The number of hydrogen-bond acceptors (Lipinski definition) is 4. The van der Waals surface area contributed by atoms with Crippen LogP contribution in [0.5, 0.6) is 0 Å². The molecule has 0 saturated heterocycles. The summed E-state index contributed by atoms with van der Waals surface area (Å²) in [5.74, 6) is 0. The molecule has 0 radical (unpaired) electrons. The van der Waals surface area contributed by atoms with Crippen LogP contribution in [-0.4, -0.2) is 20.1 Å². The summed E-state index contributed by atoms with van der Waals surface area (Å²) in [6.45, 7) is 1.42. The molecule has 1 unspecified atom stereocenters. The third-order valence-corrected chi connectivity index (χ3v) is 4.70. The molecule has 0 aromatic heterocycles. The van der Waals surface area contributed by atoms with Gasteiger partial charge in [-0.1, -0.05) is 30.3 Å². The van der Waals surface area contributed by atoms with E-state index in [1.165, 1.54) is 12.1 Å². The van der Waals surface area contributed by atoms with Crippen LogP contribution in [0.3, 0.4) is 0 Å². The predicted molar refractivity (Wildman–Crippen MR) is 82.2 cm³/mol. The van der Waals surface area contributed by atoms with E-state index in [1.54, 1.807) is 37.3 Å². The van der Waals surface area contributed by atoms with Crippen LogP contribution in [0.1, 0.15) is 17.2 Å². The molecule has 5 nitrogen and oxygen atoms in total. The van der Waals surface area contributed by atoms with Gasteiger partial charge in [0.05, 0.1) is 17.5 Å². The molecule has 112 valence electrons. The van der Waals surface area contributed by atoms with Crippen LogP contribution in [0.4, 0.5) is 5.69 Å². The molecule has 6 heteroatoms. The Labute approximate surface area is 124 Å². The first kappa shape index (κ1) is 15.5. The second-order valence-electron chi connectivity index (χ2n) is 4.79. The van der Waals surface area contributed by atoms with Crippen molar-refractivity contribution in [1.29, 1.82) is 0 Å². The molecule has 21 heavy (non-hydrogen) atoms. The molecule has 0 aliphatic heterocycles. The number of sulfonamides is 1. The lowest BCUT2D eigenvalue weighted by Gasteiger charge is -2.17. The highest BCUT2D eigenvalue weighted by atomic mass is 32.2. The van der Waals surface area contributed by atoms with Crippen LogP contribution in [0.2, 0.25) is 0 Å². The summed E-state index contributed by atoms with van der Waals surface area (Å²) < 4.78 is 27.3. The van der Waals surface area contributed by atoms with E-state index in [0.29, 0.717) is 16.8 Å². The Balaban J connectivity index is 2.29. The molecule has 0 heterocycles. The lowest BCUT2D eigenvalue weighted by Crippen LogP contribution is -2.30. The highest BCUT2D eigenvalue weighted by Crippen LogP contribution is 2.20. The second kappa shape index (κ2) is 6.26. The van der Waals surface area contributed by atoms with Crippen molar-refractivity contribution in [3.05, 3.63) is 59.7 Å². The van der Waals surface area contributed by atoms with E-state index in [2.05, 4.69) is 4.72 Å². The summed E-state index contributed by atoms with van der Waals surface area (Å²) in [7, 11) is -3.72. The highest BCUT2D eigenvalue weighted by molar-refractivity contribution is 7.89. The lowest BCUT2D eigenvalue weighted by molar-refractivity contribution is 0.259. The van der Waals surface area contributed by atoms with Gasteiger partial charge in [-0.05, 0) is 36.2 Å². The van der Waals surface area contributed by atoms with Crippen LogP contribution >= 0.6 is 0 Å². The maximum absolute atomic E-state index is 12.4. The summed E-state index contributed by atoms with van der Waals surface area (Å²) in [4.78, 5) is 0.128. The van der Waals surface area contributed by atoms with Crippen molar-refractivity contribution < 1.29 is 13.5 Å². The number of nitrogen functional groups attached to an aromatic ring is 1. The molecule has 0 fully saturated rings. The average Bonchev–Trinajstić information content (AvgIpc) is 2.48. The largest absolute Gasteiger partial charge is 0.399 e. The van der Waals surface area contributed by atoms with Gasteiger partial charge >= 0.3 is 0 Å². The fraction of sp³-hybridized carbons (Fsp3) is 0.200. The number of nitrogens with two attached hydrogens (primary N) is 1. The summed E-state index contributed by atoms with van der Waals surface area (Å²) >= 11 is 0. The third-order valence-electron chi connectivity index (χ3n) is 3.23. The molecule has 2 aromatic carbocycles. The smallest absolute Gasteiger partial charge is 0.241 e. The minimum Gasteiger partial charge on any atom is -0.399 e. The Morgan fingerprint density at radius 2 is 1.86 bits per heavy atom. The maximum Gasteiger partial charge on any atom is 0.241 e. The molecule has 0 saturated carbocycles. The molecule has 0 spiro atoms. The van der Waals surface area contributed by atoms with Gasteiger partial charge in [0.1, 0.15) is 0 Å². The topological polar surface area (TPSA) is 92.4 Å². The Morgan fingerprint density at radius 1 is 1.19 bits per heavy atom. The van der Waals surface area contributed by atoms with Crippen molar-refractivity contribution in [2.75, 3.05) is 12.3 Å². The monoisotopic (exact) mass is 306 g/mol. The van der Waals surface area contributed by atoms with Gasteiger partial charge in [0.15, 0.2) is 0 Å². The predicted octanol–water partition coefficient (Wildman–Crippen LogP) is 1.59. The van der Waals surface area contributed by atoms with Gasteiger partial charge in [-0.15, -0.1) is 0 Å². The zero-order valence-corrected chi connectivity index (χ0v) is 12.5. The normalized spacial score (nSPS) is 13.0. The first-order valence-electron chi connectivity index (χ1n) is 6.48. The number of aliphatic hydroxyl groups excluding tert-OH is 1. The quantitative estimate of drug-likeness (QED) is 0.731. The van der Waals surface area contributed by atoms with Crippen molar-refractivity contribution in [2.45, 2.75) is 17.9 Å². The first-order valence-corrected chi connectivity index (χ1v) is 7.96.